The van der Waals surface area contributed by atoms with Crippen LogP contribution in [-0.2, 0) is 59.0 Å². The van der Waals surface area contributed by atoms with Crippen molar-refractivity contribution in [2.24, 2.45) is 0 Å². The number of benzene rings is 1. The number of ether oxygens (including phenoxy) is 6. The number of carbonyl (C=O) groups excluding carboxylic acids is 5. The van der Waals surface area contributed by atoms with E-state index in [1.165, 1.54) is 0 Å². The van der Waals surface area contributed by atoms with Gasteiger partial charge in [0.05, 0.1) is 39.4 Å². The highest BCUT2D eigenvalue weighted by Crippen LogP contribution is 2.16. The summed E-state index contributed by atoms with van der Waals surface area (Å²) < 4.78 is 34.3. The Morgan fingerprint density at radius 3 is 1.11 bits per heavy atom. The highest BCUT2D eigenvalue weighted by atomic mass is 16.6. The largest absolute Gasteiger partial charge is 0.459 e. The molecule has 0 unspecified atom stereocenters. The molecular weight excluding hydrogens is 722 g/mol. The number of rotatable bonds is 20. The van der Waals surface area contributed by atoms with Crippen LogP contribution in [0, 0.1) is 0 Å². The van der Waals surface area contributed by atoms with Gasteiger partial charge in [0.2, 0.25) is 0 Å². The van der Waals surface area contributed by atoms with Crippen molar-refractivity contribution in [2.45, 2.75) is 145 Å². The summed E-state index contributed by atoms with van der Waals surface area (Å²) in [5.41, 5.74) is -2.97. The molecule has 1 atom stereocenters. The molecular formula is C42H71N3O11. The molecule has 1 aromatic rings. The van der Waals surface area contributed by atoms with Gasteiger partial charge in [-0.25, -0.2) is 0 Å². The van der Waals surface area contributed by atoms with Crippen LogP contribution in [0.15, 0.2) is 30.3 Å². The lowest BCUT2D eigenvalue weighted by atomic mass is 10.1. The van der Waals surface area contributed by atoms with Gasteiger partial charge in [0.15, 0.2) is 0 Å². The van der Waals surface area contributed by atoms with Crippen LogP contribution in [0.25, 0.3) is 0 Å². The van der Waals surface area contributed by atoms with Crippen LogP contribution in [0.2, 0.25) is 0 Å². The third-order valence-electron chi connectivity index (χ3n) is 7.00. The van der Waals surface area contributed by atoms with Gasteiger partial charge in [-0.1, -0.05) is 30.3 Å². The van der Waals surface area contributed by atoms with Crippen LogP contribution in [0.3, 0.4) is 0 Å². The third kappa shape index (κ3) is 25.5. The fourth-order valence-corrected chi connectivity index (χ4v) is 5.17. The molecule has 0 aliphatic heterocycles. The normalized spacial score (nSPS) is 13.4. The molecule has 0 aromatic heterocycles. The summed E-state index contributed by atoms with van der Waals surface area (Å²) in [5, 5.41) is 0. The van der Waals surface area contributed by atoms with Crippen LogP contribution in [0.1, 0.15) is 109 Å². The monoisotopic (exact) mass is 794 g/mol. The van der Waals surface area contributed by atoms with E-state index >= 15 is 0 Å². The molecule has 14 nitrogen and oxygen atoms in total. The van der Waals surface area contributed by atoms with E-state index in [0.717, 1.165) is 5.56 Å². The van der Waals surface area contributed by atoms with Crippen LogP contribution in [0.5, 0.6) is 0 Å². The van der Waals surface area contributed by atoms with Crippen LogP contribution < -0.4 is 0 Å². The molecule has 0 spiro atoms. The summed E-state index contributed by atoms with van der Waals surface area (Å²) in [6.07, 6.45) is 0. The average Bonchev–Trinajstić information content (AvgIpc) is 2.95. The molecule has 14 heteroatoms. The fraction of sp³-hybridized carbons (Fsp3) is 0.738. The molecule has 0 amide bonds. The van der Waals surface area contributed by atoms with E-state index in [-0.39, 0.29) is 65.6 Å². The van der Waals surface area contributed by atoms with Crippen molar-refractivity contribution in [2.75, 3.05) is 59.0 Å². The average molecular weight is 794 g/mol. The van der Waals surface area contributed by atoms with Gasteiger partial charge in [-0.15, -0.1) is 0 Å². The molecule has 0 fully saturated rings. The molecule has 0 radical (unpaired) electrons. The van der Waals surface area contributed by atoms with Gasteiger partial charge in [-0.3, -0.25) is 38.7 Å². The zero-order valence-corrected chi connectivity index (χ0v) is 36.9. The Balaban J connectivity index is 3.61. The lowest BCUT2D eigenvalue weighted by molar-refractivity contribution is -0.166. The maximum atomic E-state index is 14.0. The first kappa shape index (κ1) is 50.4. The van der Waals surface area contributed by atoms with E-state index < -0.39 is 63.9 Å². The number of nitrogens with zero attached hydrogens (tertiary/aromatic N) is 3. The number of hydrogen-bond donors (Lipinski definition) is 0. The predicted molar refractivity (Wildman–Crippen MR) is 214 cm³/mol. The topological polar surface area (TPSA) is 150 Å². The molecule has 1 rings (SSSR count). The predicted octanol–water partition coefficient (Wildman–Crippen LogP) is 5.19. The van der Waals surface area contributed by atoms with E-state index in [0.29, 0.717) is 0 Å². The quantitative estimate of drug-likeness (QED) is 0.126. The highest BCUT2D eigenvalue weighted by molar-refractivity contribution is 5.77. The molecule has 56 heavy (non-hydrogen) atoms. The van der Waals surface area contributed by atoms with Crippen LogP contribution in [-0.4, -0.2) is 138 Å². The molecule has 0 saturated carbocycles. The van der Waals surface area contributed by atoms with Gasteiger partial charge < -0.3 is 28.4 Å². The maximum absolute atomic E-state index is 14.0. The molecule has 0 aliphatic rings. The SMILES string of the molecule is CC(C)(C)OC(=O)CN(CCN(CCN(CC(=O)OC(C)(C)C)CC(=O)OC(C)(C)C)[C@@H](COCc1ccccc1)C(=O)OC(C)(C)C)CC(=O)OC(C)(C)C. The Morgan fingerprint density at radius 2 is 0.804 bits per heavy atom. The second-order valence-electron chi connectivity index (χ2n) is 18.9. The van der Waals surface area contributed by atoms with Gasteiger partial charge >= 0.3 is 29.8 Å². The minimum absolute atomic E-state index is 0.0694. The summed E-state index contributed by atoms with van der Waals surface area (Å²) in [6.45, 7) is 26.1. The Labute approximate surface area is 335 Å². The Kier molecular flexibility index (Phi) is 19.6. The van der Waals surface area contributed by atoms with Crippen molar-refractivity contribution >= 4 is 29.8 Å². The van der Waals surface area contributed by atoms with Crippen molar-refractivity contribution in [3.05, 3.63) is 35.9 Å². The molecule has 0 heterocycles. The van der Waals surface area contributed by atoms with Gasteiger partial charge in [0.25, 0.3) is 0 Å². The van der Waals surface area contributed by atoms with Gasteiger partial charge in [-0.2, -0.15) is 0 Å². The lowest BCUT2D eigenvalue weighted by Crippen LogP contribution is -2.53. The minimum atomic E-state index is -0.965. The zero-order chi connectivity index (χ0) is 43.1. The number of esters is 5. The number of hydrogen-bond acceptors (Lipinski definition) is 14. The fourth-order valence-electron chi connectivity index (χ4n) is 5.17. The summed E-state index contributed by atoms with van der Waals surface area (Å²) >= 11 is 0. The van der Waals surface area contributed by atoms with Crippen molar-refractivity contribution < 1.29 is 52.4 Å². The first-order valence-corrected chi connectivity index (χ1v) is 19.3. The van der Waals surface area contributed by atoms with E-state index in [2.05, 4.69) is 0 Å². The Morgan fingerprint density at radius 1 is 0.482 bits per heavy atom. The summed E-state index contributed by atoms with van der Waals surface area (Å²) in [4.78, 5) is 71.2. The molecule has 0 bridgehead atoms. The van der Waals surface area contributed by atoms with Crippen LogP contribution >= 0.6 is 0 Å². The highest BCUT2D eigenvalue weighted by Gasteiger charge is 2.33. The molecule has 1 aromatic carbocycles. The smallest absolute Gasteiger partial charge is 0.326 e. The minimum Gasteiger partial charge on any atom is -0.459 e. The van der Waals surface area contributed by atoms with E-state index in [1.54, 1.807) is 114 Å². The lowest BCUT2D eigenvalue weighted by Gasteiger charge is -2.35. The summed E-state index contributed by atoms with van der Waals surface area (Å²) in [6, 6.07) is 8.55. The van der Waals surface area contributed by atoms with Crippen LogP contribution in [0.4, 0.5) is 0 Å². The van der Waals surface area contributed by atoms with Crippen molar-refractivity contribution in [1.82, 2.24) is 14.7 Å². The van der Waals surface area contributed by atoms with Gasteiger partial charge in [0, 0.05) is 26.2 Å². The van der Waals surface area contributed by atoms with Gasteiger partial charge in [-0.05, 0) is 109 Å². The first-order valence-electron chi connectivity index (χ1n) is 19.3. The first-order chi connectivity index (χ1) is 25.4. The standard InChI is InChI=1S/C42H71N3O11/c1-38(2,3)52-33(46)25-43(26-34(47)53-39(4,5)6)21-23-45(32(37(50)56-42(13,14)15)30-51-29-31-19-17-16-18-20-31)24-22-44(27-35(48)54-40(7,8)9)28-36(49)55-41(10,11)12/h16-20,32H,21-30H2,1-15H3/t32-/m0/s1. The van der Waals surface area contributed by atoms with Crippen molar-refractivity contribution in [3.8, 4) is 0 Å². The van der Waals surface area contributed by atoms with Gasteiger partial charge in [0.1, 0.15) is 34.0 Å². The summed E-state index contributed by atoms with van der Waals surface area (Å²) in [5.74, 6) is -2.71. The molecule has 0 aliphatic carbocycles. The van der Waals surface area contributed by atoms with Crippen molar-refractivity contribution in [1.29, 1.82) is 0 Å². The van der Waals surface area contributed by atoms with E-state index in [4.69, 9.17) is 28.4 Å². The number of carbonyl (C=O) groups is 5. The second kappa shape index (κ2) is 21.8. The maximum Gasteiger partial charge on any atom is 0.326 e. The van der Waals surface area contributed by atoms with Crippen molar-refractivity contribution in [3.63, 3.8) is 0 Å². The third-order valence-corrected chi connectivity index (χ3v) is 7.00. The van der Waals surface area contributed by atoms with E-state index in [1.807, 2.05) is 35.2 Å². The second-order valence-corrected chi connectivity index (χ2v) is 18.9. The summed E-state index contributed by atoms with van der Waals surface area (Å²) in [7, 11) is 0. The van der Waals surface area contributed by atoms with E-state index in [9.17, 15) is 24.0 Å². The zero-order valence-electron chi connectivity index (χ0n) is 36.9. The molecule has 0 N–H and O–H groups in total. The molecule has 320 valence electrons. The Hall–Kier alpha value is -3.59. The molecule has 0 saturated heterocycles. The Bertz CT molecular complexity index is 1270.